The molecule has 1 unspecified atom stereocenters. The number of ether oxygens (including phenoxy) is 2. The van der Waals surface area contributed by atoms with Gasteiger partial charge in [-0.3, -0.25) is 4.90 Å². The van der Waals surface area contributed by atoms with Crippen molar-refractivity contribution in [1.82, 2.24) is 4.90 Å². The average molecular weight is 248 g/mol. The first-order chi connectivity index (χ1) is 8.54. The fraction of sp³-hybridized carbons (Fsp3) is 0.571. The molecule has 0 saturated carbocycles. The average Bonchev–Trinajstić information content (AvgIpc) is 2.83. The molecule has 0 aliphatic carbocycles. The van der Waals surface area contributed by atoms with Crippen molar-refractivity contribution in [1.29, 1.82) is 0 Å². The molecule has 0 spiro atoms. The van der Waals surface area contributed by atoms with Crippen molar-refractivity contribution >= 4 is 0 Å². The van der Waals surface area contributed by atoms with Gasteiger partial charge >= 0.3 is 0 Å². The van der Waals surface area contributed by atoms with Crippen molar-refractivity contribution in [2.45, 2.75) is 38.4 Å². The first kappa shape index (κ1) is 11.8. The molecule has 0 aromatic heterocycles. The van der Waals surface area contributed by atoms with Crippen molar-refractivity contribution in [3.8, 4) is 11.5 Å². The Hall–Kier alpha value is -1.26. The molecule has 1 atom stereocenters. The predicted molar refractivity (Wildman–Crippen MR) is 69.6 cm³/mol. The fourth-order valence-corrected chi connectivity index (χ4v) is 2.90. The molecule has 2 aliphatic rings. The minimum Gasteiger partial charge on any atom is -0.454 e. The summed E-state index contributed by atoms with van der Waals surface area (Å²) in [4.78, 5) is 2.44. The van der Waals surface area contributed by atoms with E-state index in [-0.39, 0.29) is 11.6 Å². The van der Waals surface area contributed by atoms with E-state index in [1.54, 1.807) is 0 Å². The van der Waals surface area contributed by atoms with Gasteiger partial charge in [-0.25, -0.2) is 0 Å². The van der Waals surface area contributed by atoms with E-state index in [0.29, 0.717) is 6.79 Å². The summed E-state index contributed by atoms with van der Waals surface area (Å²) in [5.41, 5.74) is 7.49. The van der Waals surface area contributed by atoms with E-state index in [9.17, 15) is 0 Å². The van der Waals surface area contributed by atoms with E-state index in [0.717, 1.165) is 31.0 Å². The molecule has 0 bridgehead atoms. The molecule has 0 radical (unpaired) electrons. The Morgan fingerprint density at radius 1 is 1.33 bits per heavy atom. The Morgan fingerprint density at radius 3 is 2.83 bits per heavy atom. The number of rotatable bonds is 2. The molecule has 4 heteroatoms. The topological polar surface area (TPSA) is 47.7 Å². The second kappa shape index (κ2) is 4.14. The molecule has 4 nitrogen and oxygen atoms in total. The number of hydrogen-bond donors (Lipinski definition) is 1. The van der Waals surface area contributed by atoms with Crippen molar-refractivity contribution in [2.24, 2.45) is 5.73 Å². The van der Waals surface area contributed by atoms with Crippen LogP contribution in [0.1, 0.15) is 25.8 Å². The molecular weight excluding hydrogens is 228 g/mol. The number of likely N-dealkylation sites (tertiary alicyclic amines) is 1. The van der Waals surface area contributed by atoms with Crippen LogP contribution in [0.4, 0.5) is 0 Å². The lowest BCUT2D eigenvalue weighted by molar-refractivity contribution is 0.165. The SMILES string of the molecule is CC1(C)CC(N)CN1Cc1ccc2c(c1)OCO2. The quantitative estimate of drug-likeness (QED) is 0.866. The Kier molecular flexibility index (Phi) is 2.72. The second-order valence-corrected chi connectivity index (χ2v) is 5.84. The van der Waals surface area contributed by atoms with E-state index in [1.807, 2.05) is 6.07 Å². The summed E-state index contributed by atoms with van der Waals surface area (Å²) in [7, 11) is 0. The van der Waals surface area contributed by atoms with Crippen LogP contribution in [0, 0.1) is 0 Å². The number of benzene rings is 1. The molecule has 1 aromatic rings. The van der Waals surface area contributed by atoms with Gasteiger partial charge in [0, 0.05) is 24.7 Å². The summed E-state index contributed by atoms with van der Waals surface area (Å²) in [6, 6.07) is 6.45. The van der Waals surface area contributed by atoms with Gasteiger partial charge in [0.25, 0.3) is 0 Å². The molecule has 2 N–H and O–H groups in total. The van der Waals surface area contributed by atoms with Crippen LogP contribution in [-0.4, -0.2) is 29.8 Å². The standard InChI is InChI=1S/C14H20N2O2/c1-14(2)6-11(15)8-16(14)7-10-3-4-12-13(5-10)18-9-17-12/h3-5,11H,6-9,15H2,1-2H3. The molecule has 98 valence electrons. The minimum absolute atomic E-state index is 0.176. The van der Waals surface area contributed by atoms with Crippen molar-refractivity contribution in [3.63, 3.8) is 0 Å². The van der Waals surface area contributed by atoms with Crippen LogP contribution in [0.15, 0.2) is 18.2 Å². The largest absolute Gasteiger partial charge is 0.454 e. The summed E-state index contributed by atoms with van der Waals surface area (Å²) in [6.07, 6.45) is 1.05. The van der Waals surface area contributed by atoms with Crippen molar-refractivity contribution in [2.75, 3.05) is 13.3 Å². The molecule has 1 saturated heterocycles. The maximum absolute atomic E-state index is 6.06. The smallest absolute Gasteiger partial charge is 0.231 e. The summed E-state index contributed by atoms with van der Waals surface area (Å²) in [5, 5.41) is 0. The molecule has 2 aliphatic heterocycles. The van der Waals surface area contributed by atoms with Gasteiger partial charge in [-0.15, -0.1) is 0 Å². The van der Waals surface area contributed by atoms with Gasteiger partial charge in [-0.2, -0.15) is 0 Å². The lowest BCUT2D eigenvalue weighted by Crippen LogP contribution is -2.37. The first-order valence-corrected chi connectivity index (χ1v) is 6.44. The van der Waals surface area contributed by atoms with E-state index in [4.69, 9.17) is 15.2 Å². The number of nitrogens with zero attached hydrogens (tertiary/aromatic N) is 1. The van der Waals surface area contributed by atoms with Crippen LogP contribution < -0.4 is 15.2 Å². The van der Waals surface area contributed by atoms with Gasteiger partial charge < -0.3 is 15.2 Å². The third kappa shape index (κ3) is 2.06. The molecule has 0 amide bonds. The maximum Gasteiger partial charge on any atom is 0.231 e. The van der Waals surface area contributed by atoms with Gasteiger partial charge in [-0.05, 0) is 38.0 Å². The van der Waals surface area contributed by atoms with Crippen LogP contribution >= 0.6 is 0 Å². The number of fused-ring (bicyclic) bond motifs is 1. The lowest BCUT2D eigenvalue weighted by atomic mass is 10.00. The Morgan fingerprint density at radius 2 is 2.11 bits per heavy atom. The Labute approximate surface area is 108 Å². The van der Waals surface area contributed by atoms with Crippen molar-refractivity contribution in [3.05, 3.63) is 23.8 Å². The number of nitrogens with two attached hydrogens (primary N) is 1. The number of hydrogen-bond acceptors (Lipinski definition) is 4. The molecular formula is C14H20N2O2. The Bertz CT molecular complexity index is 459. The van der Waals surface area contributed by atoms with Crippen molar-refractivity contribution < 1.29 is 9.47 Å². The highest BCUT2D eigenvalue weighted by molar-refractivity contribution is 5.44. The zero-order chi connectivity index (χ0) is 12.8. The van der Waals surface area contributed by atoms with Gasteiger partial charge in [-0.1, -0.05) is 6.07 Å². The van der Waals surface area contributed by atoms with Crippen LogP contribution in [0.2, 0.25) is 0 Å². The highest BCUT2D eigenvalue weighted by Gasteiger charge is 2.36. The van der Waals surface area contributed by atoms with Crippen LogP contribution in [0.3, 0.4) is 0 Å². The molecule has 3 rings (SSSR count). The second-order valence-electron chi connectivity index (χ2n) is 5.84. The van der Waals surface area contributed by atoms with E-state index in [1.165, 1.54) is 5.56 Å². The monoisotopic (exact) mass is 248 g/mol. The summed E-state index contributed by atoms with van der Waals surface area (Å²) in [6.45, 7) is 6.72. The molecule has 2 heterocycles. The molecule has 1 aromatic carbocycles. The third-order valence-electron chi connectivity index (χ3n) is 3.88. The molecule has 18 heavy (non-hydrogen) atoms. The summed E-state index contributed by atoms with van der Waals surface area (Å²) >= 11 is 0. The minimum atomic E-state index is 0.176. The first-order valence-electron chi connectivity index (χ1n) is 6.44. The van der Waals surface area contributed by atoms with Crippen LogP contribution in [-0.2, 0) is 6.54 Å². The Balaban J connectivity index is 1.77. The van der Waals surface area contributed by atoms with Crippen LogP contribution in [0.25, 0.3) is 0 Å². The highest BCUT2D eigenvalue weighted by Crippen LogP contribution is 2.34. The third-order valence-corrected chi connectivity index (χ3v) is 3.88. The maximum atomic E-state index is 6.06. The summed E-state index contributed by atoms with van der Waals surface area (Å²) in [5.74, 6) is 1.70. The van der Waals surface area contributed by atoms with Crippen LogP contribution in [0.5, 0.6) is 11.5 Å². The predicted octanol–water partition coefficient (Wildman–Crippen LogP) is 1.73. The normalized spacial score (nSPS) is 25.6. The van der Waals surface area contributed by atoms with E-state index >= 15 is 0 Å². The van der Waals surface area contributed by atoms with Gasteiger partial charge in [0.1, 0.15) is 0 Å². The lowest BCUT2D eigenvalue weighted by Gasteiger charge is -2.31. The zero-order valence-corrected chi connectivity index (χ0v) is 11.0. The summed E-state index contributed by atoms with van der Waals surface area (Å²) < 4.78 is 10.7. The highest BCUT2D eigenvalue weighted by atomic mass is 16.7. The van der Waals surface area contributed by atoms with Gasteiger partial charge in [0.2, 0.25) is 6.79 Å². The van der Waals surface area contributed by atoms with Gasteiger partial charge in [0.05, 0.1) is 0 Å². The van der Waals surface area contributed by atoms with E-state index in [2.05, 4.69) is 30.9 Å². The zero-order valence-electron chi connectivity index (χ0n) is 11.0. The fourth-order valence-electron chi connectivity index (χ4n) is 2.90. The molecule has 1 fully saturated rings. The van der Waals surface area contributed by atoms with Gasteiger partial charge in [0.15, 0.2) is 11.5 Å². The van der Waals surface area contributed by atoms with E-state index < -0.39 is 0 Å².